The Bertz CT molecular complexity index is 789. The van der Waals surface area contributed by atoms with Crippen LogP contribution in [0.5, 0.6) is 0 Å². The standard InChI is InChI=1S/C21H15N3/c1-4-10-16(11-5-1)19-22-20(17-12-6-2-7-13-17)24-21(23-19)18-14-8-3-9-15-18/h1-15H/q+1. The van der Waals surface area contributed by atoms with Crippen molar-refractivity contribution >= 4 is 17.5 Å². The van der Waals surface area contributed by atoms with Crippen molar-refractivity contribution < 1.29 is 0 Å². The van der Waals surface area contributed by atoms with Gasteiger partial charge >= 0.3 is 17.5 Å². The lowest BCUT2D eigenvalue weighted by Gasteiger charge is -2.03. The van der Waals surface area contributed by atoms with E-state index in [1.54, 1.807) is 0 Å². The van der Waals surface area contributed by atoms with Gasteiger partial charge < -0.3 is 0 Å². The van der Waals surface area contributed by atoms with E-state index in [-0.39, 0.29) is 0 Å². The highest BCUT2D eigenvalue weighted by atomic mass is 15.1. The van der Waals surface area contributed by atoms with Gasteiger partial charge in [-0.1, -0.05) is 69.6 Å². The molecular formula is C21H15N3+. The fourth-order valence-corrected chi connectivity index (χ4v) is 2.52. The zero-order valence-electron chi connectivity index (χ0n) is 13.0. The molecule has 0 N–H and O–H groups in total. The first-order valence-electron chi connectivity index (χ1n) is 7.82. The van der Waals surface area contributed by atoms with Crippen molar-refractivity contribution in [3.63, 3.8) is 0 Å². The number of hydrogen-bond donors (Lipinski definition) is 0. The minimum atomic E-state index is 0.684. The maximum atomic E-state index is 4.68. The minimum Gasteiger partial charge on any atom is -0.0622 e. The predicted molar refractivity (Wildman–Crippen MR) is 98.6 cm³/mol. The summed E-state index contributed by atoms with van der Waals surface area (Å²) < 4.78 is 0. The molecule has 0 fully saturated rings. The van der Waals surface area contributed by atoms with Crippen LogP contribution >= 0.6 is 0 Å². The Kier molecular flexibility index (Phi) is 3.82. The van der Waals surface area contributed by atoms with E-state index < -0.39 is 0 Å². The molecule has 0 unspecified atom stereocenters. The number of nitrogens with zero attached hydrogens (tertiary/aromatic N) is 3. The summed E-state index contributed by atoms with van der Waals surface area (Å²) in [6, 6.07) is 30.0. The molecule has 0 aromatic heterocycles. The lowest BCUT2D eigenvalue weighted by molar-refractivity contribution is 1.31. The van der Waals surface area contributed by atoms with Crippen LogP contribution in [-0.4, -0.2) is 17.5 Å². The Morgan fingerprint density at radius 3 is 1.58 bits per heavy atom. The smallest absolute Gasteiger partial charge is 0.0622 e. The summed E-state index contributed by atoms with van der Waals surface area (Å²) >= 11 is 0. The number of aliphatic imine (C=N–C) groups is 3. The third-order valence-electron chi connectivity index (χ3n) is 3.73. The summed E-state index contributed by atoms with van der Waals surface area (Å²) in [5.41, 5.74) is 2.94. The van der Waals surface area contributed by atoms with Crippen LogP contribution in [0.2, 0.25) is 0 Å². The second-order valence-electron chi connectivity index (χ2n) is 5.40. The Balaban J connectivity index is 1.86. The maximum absolute atomic E-state index is 4.68. The average Bonchev–Trinajstić information content (AvgIpc) is 2.70. The lowest BCUT2D eigenvalue weighted by atomic mass is 10.1. The fraction of sp³-hybridized carbons (Fsp3) is 0. The summed E-state index contributed by atoms with van der Waals surface area (Å²) in [6.07, 6.45) is 0. The molecule has 24 heavy (non-hydrogen) atoms. The molecule has 3 aromatic carbocycles. The predicted octanol–water partition coefficient (Wildman–Crippen LogP) is 3.68. The largest absolute Gasteiger partial charge is 0.308 e. The highest BCUT2D eigenvalue weighted by molar-refractivity contribution is 6.22. The maximum Gasteiger partial charge on any atom is 0.308 e. The summed E-state index contributed by atoms with van der Waals surface area (Å²) in [5.74, 6) is 2.05. The molecule has 0 bridgehead atoms. The van der Waals surface area contributed by atoms with Gasteiger partial charge in [0.1, 0.15) is 0 Å². The van der Waals surface area contributed by atoms with E-state index in [9.17, 15) is 0 Å². The summed E-state index contributed by atoms with van der Waals surface area (Å²) in [5, 5.41) is 0. The van der Waals surface area contributed by atoms with Crippen molar-refractivity contribution in [2.75, 3.05) is 0 Å². The van der Waals surface area contributed by atoms with E-state index in [1.807, 2.05) is 91.0 Å². The van der Waals surface area contributed by atoms with Gasteiger partial charge in [-0.2, -0.15) is 0 Å². The second-order valence-corrected chi connectivity index (χ2v) is 5.40. The van der Waals surface area contributed by atoms with Gasteiger partial charge in [-0.3, -0.25) is 0 Å². The summed E-state index contributed by atoms with van der Waals surface area (Å²) in [4.78, 5) is 14.0. The molecule has 1 aliphatic heterocycles. The molecule has 3 heteroatoms. The molecule has 3 aromatic rings. The molecule has 0 aliphatic carbocycles. The fourth-order valence-electron chi connectivity index (χ4n) is 2.52. The second kappa shape index (κ2) is 6.42. The van der Waals surface area contributed by atoms with Crippen molar-refractivity contribution in [3.8, 4) is 0 Å². The molecule has 4 rings (SSSR count). The molecule has 1 aliphatic rings. The first kappa shape index (κ1) is 14.3. The van der Waals surface area contributed by atoms with Gasteiger partial charge in [-0.25, -0.2) is 0 Å². The first-order chi connectivity index (χ1) is 11.9. The SMILES string of the molecule is c1ccc(C2=NC(c3ccccc3)=[N+]C(c3ccccc3)=N2)cc1. The molecule has 0 saturated carbocycles. The van der Waals surface area contributed by atoms with Gasteiger partial charge in [0, 0.05) is 0 Å². The van der Waals surface area contributed by atoms with Gasteiger partial charge in [0.05, 0.1) is 16.7 Å². The number of rotatable bonds is 3. The zero-order chi connectivity index (χ0) is 16.2. The molecule has 113 valence electrons. The van der Waals surface area contributed by atoms with E-state index in [0.717, 1.165) is 16.7 Å². The molecule has 0 amide bonds. The Labute approximate surface area is 140 Å². The van der Waals surface area contributed by atoms with Crippen LogP contribution < -0.4 is 4.99 Å². The third-order valence-corrected chi connectivity index (χ3v) is 3.73. The van der Waals surface area contributed by atoms with E-state index in [2.05, 4.69) is 15.0 Å². The number of amidine groups is 3. The molecule has 3 nitrogen and oxygen atoms in total. The summed E-state index contributed by atoms with van der Waals surface area (Å²) in [6.45, 7) is 0. The molecule has 0 atom stereocenters. The zero-order valence-corrected chi connectivity index (χ0v) is 13.0. The van der Waals surface area contributed by atoms with Crippen LogP contribution in [0.3, 0.4) is 0 Å². The van der Waals surface area contributed by atoms with Crippen LogP contribution in [-0.2, 0) is 0 Å². The monoisotopic (exact) mass is 309 g/mol. The van der Waals surface area contributed by atoms with E-state index in [4.69, 9.17) is 0 Å². The van der Waals surface area contributed by atoms with Gasteiger partial charge in [-0.15, -0.1) is 0 Å². The average molecular weight is 309 g/mol. The minimum absolute atomic E-state index is 0.684. The Hall–Kier alpha value is -3.33. The third kappa shape index (κ3) is 2.92. The van der Waals surface area contributed by atoms with Crippen LogP contribution in [0.4, 0.5) is 0 Å². The van der Waals surface area contributed by atoms with Crippen LogP contribution in [0.1, 0.15) is 16.7 Å². The Morgan fingerprint density at radius 2 is 1.00 bits per heavy atom. The molecule has 0 saturated heterocycles. The van der Waals surface area contributed by atoms with Gasteiger partial charge in [0.25, 0.3) is 0 Å². The van der Waals surface area contributed by atoms with Gasteiger partial charge in [0.2, 0.25) is 0 Å². The quantitative estimate of drug-likeness (QED) is 0.708. The number of benzene rings is 3. The van der Waals surface area contributed by atoms with Crippen LogP contribution in [0.25, 0.3) is 0 Å². The van der Waals surface area contributed by atoms with Crippen molar-refractivity contribution in [2.24, 2.45) is 9.98 Å². The summed E-state index contributed by atoms with van der Waals surface area (Å²) in [7, 11) is 0. The van der Waals surface area contributed by atoms with Crippen molar-refractivity contribution in [3.05, 3.63) is 108 Å². The molecular weight excluding hydrogens is 294 g/mol. The molecule has 1 radical (unpaired) electrons. The van der Waals surface area contributed by atoms with Gasteiger partial charge in [0.15, 0.2) is 0 Å². The van der Waals surface area contributed by atoms with Crippen molar-refractivity contribution in [1.29, 1.82) is 0 Å². The molecule has 1 heterocycles. The van der Waals surface area contributed by atoms with Crippen LogP contribution in [0.15, 0.2) is 101 Å². The lowest BCUT2D eigenvalue weighted by Crippen LogP contribution is -2.23. The van der Waals surface area contributed by atoms with E-state index in [1.165, 1.54) is 0 Å². The highest BCUT2D eigenvalue weighted by Crippen LogP contribution is 2.12. The highest BCUT2D eigenvalue weighted by Gasteiger charge is 2.26. The number of hydrogen-bond acceptors (Lipinski definition) is 3. The normalized spacial score (nSPS) is 13.8. The topological polar surface area (TPSA) is 38.8 Å². The van der Waals surface area contributed by atoms with Crippen LogP contribution in [0, 0.1) is 0 Å². The first-order valence-corrected chi connectivity index (χ1v) is 7.82. The van der Waals surface area contributed by atoms with Crippen molar-refractivity contribution in [2.45, 2.75) is 0 Å². The van der Waals surface area contributed by atoms with Gasteiger partial charge in [-0.05, 0) is 36.4 Å². The van der Waals surface area contributed by atoms with E-state index >= 15 is 0 Å². The van der Waals surface area contributed by atoms with Crippen molar-refractivity contribution in [1.82, 2.24) is 4.99 Å². The van der Waals surface area contributed by atoms with E-state index in [0.29, 0.717) is 17.5 Å². The molecule has 0 spiro atoms. The Morgan fingerprint density at radius 1 is 0.500 bits per heavy atom.